The van der Waals surface area contributed by atoms with E-state index in [9.17, 15) is 24.3 Å². The molecule has 30 heavy (non-hydrogen) atoms. The number of amides is 3. The summed E-state index contributed by atoms with van der Waals surface area (Å²) in [6.45, 7) is -0.386. The molecule has 0 radical (unpaired) electrons. The molecule has 2 heterocycles. The minimum Gasteiger partial charge on any atom is -0.543 e. The van der Waals surface area contributed by atoms with Crippen LogP contribution in [0, 0.1) is 0 Å². The fourth-order valence-electron chi connectivity index (χ4n) is 3.23. The zero-order valence-electron chi connectivity index (χ0n) is 16.4. The molecule has 154 valence electrons. The van der Waals surface area contributed by atoms with Gasteiger partial charge in [0.1, 0.15) is 12.0 Å². The fourth-order valence-corrected chi connectivity index (χ4v) is 4.65. The maximum Gasteiger partial charge on any atom is 1.00 e. The number of β-lactam (4-membered cyclic amide) rings is 1. The summed E-state index contributed by atoms with van der Waals surface area (Å²) in [5.74, 6) is -2.69. The summed E-state index contributed by atoms with van der Waals surface area (Å²) in [5, 5.41) is 13.4. The number of hydrogen-bond donors (Lipinski definition) is 2. The smallest absolute Gasteiger partial charge is 0.543 e. The van der Waals surface area contributed by atoms with Crippen LogP contribution >= 0.6 is 11.8 Å². The number of nitrogens with one attached hydrogen (secondary N) is 1. The first kappa shape index (κ1) is 24.2. The maximum absolute atomic E-state index is 12.9. The number of fused-ring (bicyclic) bond motifs is 1. The number of benzene rings is 1. The number of methoxy groups -OCH3 is 1. The summed E-state index contributed by atoms with van der Waals surface area (Å²) >= 11 is 1.16. The molecule has 0 spiro atoms. The van der Waals surface area contributed by atoms with Gasteiger partial charge in [0.05, 0.1) is 18.1 Å². The molecule has 3 amide bonds. The molecule has 0 unspecified atom stereocenters. The third-order valence-corrected chi connectivity index (χ3v) is 5.92. The van der Waals surface area contributed by atoms with Crippen LogP contribution in [0.3, 0.4) is 0 Å². The molecule has 1 aromatic carbocycles. The number of carboxylic acid groups (broad SMARTS) is 1. The van der Waals surface area contributed by atoms with Gasteiger partial charge in [0, 0.05) is 18.4 Å². The summed E-state index contributed by atoms with van der Waals surface area (Å²) in [5.41, 5.74) is 3.72. The number of nitrogens with zero attached hydrogens (tertiary/aromatic N) is 1. The van der Waals surface area contributed by atoms with Gasteiger partial charge in [-0.25, -0.2) is 4.79 Å². The molecule has 2 atom stereocenters. The van der Waals surface area contributed by atoms with Gasteiger partial charge in [-0.1, -0.05) is 30.3 Å². The first-order valence-electron chi connectivity index (χ1n) is 8.51. The number of aliphatic carboxylic acids is 1. The van der Waals surface area contributed by atoms with E-state index in [0.29, 0.717) is 0 Å². The first-order valence-corrected chi connectivity index (χ1v) is 9.56. The normalized spacial score (nSPS) is 22.4. The Hall–Kier alpha value is -2.05. The van der Waals surface area contributed by atoms with Crippen molar-refractivity contribution in [3.05, 3.63) is 47.2 Å². The van der Waals surface area contributed by atoms with Crippen molar-refractivity contribution >= 4 is 35.6 Å². The van der Waals surface area contributed by atoms with Crippen LogP contribution < -0.4 is 45.7 Å². The zero-order valence-corrected chi connectivity index (χ0v) is 19.2. The van der Waals surface area contributed by atoms with Crippen LogP contribution in [0.25, 0.3) is 0 Å². The summed E-state index contributed by atoms with van der Waals surface area (Å²) in [6, 6.07) is 8.93. The van der Waals surface area contributed by atoms with Gasteiger partial charge in [-0.3, -0.25) is 14.5 Å². The van der Waals surface area contributed by atoms with E-state index in [4.69, 9.17) is 10.5 Å². The molecule has 2 aliphatic rings. The van der Waals surface area contributed by atoms with Crippen molar-refractivity contribution in [1.29, 1.82) is 0 Å². The number of thioether (sulfide) groups is 1. The third-order valence-electron chi connectivity index (χ3n) is 4.55. The Morgan fingerprint density at radius 1 is 1.33 bits per heavy atom. The summed E-state index contributed by atoms with van der Waals surface area (Å²) < 4.78 is 9.99. The van der Waals surface area contributed by atoms with E-state index in [0.717, 1.165) is 22.2 Å². The Morgan fingerprint density at radius 2 is 2.00 bits per heavy atom. The van der Waals surface area contributed by atoms with Crippen molar-refractivity contribution < 1.29 is 63.3 Å². The number of carboxylic acids is 1. The molecule has 0 saturated carbocycles. The van der Waals surface area contributed by atoms with Crippen LogP contribution in [0.4, 0.5) is 4.79 Å². The van der Waals surface area contributed by atoms with Crippen molar-refractivity contribution in [2.75, 3.05) is 19.5 Å². The topological polar surface area (TPSA) is 151 Å². The molecular weight excluding hydrogens is 425 g/mol. The molecule has 0 aromatic heterocycles. The molecular formula is C18H18N3NaO7S. The Bertz CT molecular complexity index is 895. The third kappa shape index (κ3) is 4.49. The maximum atomic E-state index is 12.9. The number of carbonyl (C=O) groups excluding carboxylic acids is 4. The molecule has 3 rings (SSSR count). The van der Waals surface area contributed by atoms with Crippen molar-refractivity contribution in [2.24, 2.45) is 5.73 Å². The second-order valence-electron chi connectivity index (χ2n) is 6.34. The molecule has 1 aromatic rings. The van der Waals surface area contributed by atoms with Crippen LogP contribution in [0.1, 0.15) is 5.56 Å². The van der Waals surface area contributed by atoms with E-state index in [1.807, 2.05) is 6.07 Å². The fraction of sp³-hybridized carbons (Fsp3) is 0.333. The summed E-state index contributed by atoms with van der Waals surface area (Å²) in [7, 11) is 1.26. The Labute approximate surface area is 198 Å². The predicted octanol–water partition coefficient (Wildman–Crippen LogP) is -4.29. The molecule has 1 saturated heterocycles. The van der Waals surface area contributed by atoms with Crippen LogP contribution in [0.5, 0.6) is 0 Å². The van der Waals surface area contributed by atoms with Crippen molar-refractivity contribution in [3.63, 3.8) is 0 Å². The number of nitrogens with two attached hydrogens (primary N) is 1. The number of ether oxygens (including phenoxy) is 2. The van der Waals surface area contributed by atoms with Crippen LogP contribution in [0.2, 0.25) is 0 Å². The van der Waals surface area contributed by atoms with E-state index in [1.54, 1.807) is 24.3 Å². The zero-order chi connectivity index (χ0) is 21.2. The molecule has 2 aliphatic heterocycles. The van der Waals surface area contributed by atoms with Gasteiger partial charge in [-0.2, -0.15) is 0 Å². The van der Waals surface area contributed by atoms with E-state index < -0.39 is 40.7 Å². The first-order chi connectivity index (χ1) is 13.8. The number of rotatable bonds is 7. The van der Waals surface area contributed by atoms with Crippen LogP contribution in [-0.4, -0.2) is 59.3 Å². The molecule has 0 bridgehead atoms. The van der Waals surface area contributed by atoms with Gasteiger partial charge in [-0.15, -0.1) is 11.8 Å². The Kier molecular flexibility index (Phi) is 7.94. The number of carbonyl (C=O) groups is 4. The monoisotopic (exact) mass is 443 g/mol. The minimum atomic E-state index is -1.70. The minimum absolute atomic E-state index is 0. The van der Waals surface area contributed by atoms with Crippen molar-refractivity contribution in [3.8, 4) is 0 Å². The molecule has 12 heteroatoms. The average Bonchev–Trinajstić information content (AvgIpc) is 2.69. The number of hydrogen-bond acceptors (Lipinski definition) is 8. The van der Waals surface area contributed by atoms with Crippen LogP contribution in [-0.2, 0) is 30.3 Å². The van der Waals surface area contributed by atoms with Crippen LogP contribution in [0.15, 0.2) is 41.6 Å². The largest absolute Gasteiger partial charge is 1.00 e. The van der Waals surface area contributed by atoms with Crippen molar-refractivity contribution in [2.45, 2.75) is 17.5 Å². The quantitative estimate of drug-likeness (QED) is 0.244. The van der Waals surface area contributed by atoms with Gasteiger partial charge in [0.25, 0.3) is 11.6 Å². The van der Waals surface area contributed by atoms with E-state index in [-0.39, 0.29) is 53.9 Å². The molecule has 0 aliphatic carbocycles. The standard InChI is InChI=1S/C18H19N3O7S.Na/c1-27-18(20-12(22)7-10-5-3-2-4-6-10)15(25)21-13(14(23)24)11(8-28-17(19)26)9-29-16(18)21;/h2-6,16H,7-9H2,1H3,(H2,19,26)(H,20,22)(H,23,24);/q;+1/p-1/t16-,18+;/m1./s1. The molecule has 3 N–H and O–H groups in total. The van der Waals surface area contributed by atoms with E-state index in [2.05, 4.69) is 10.1 Å². The van der Waals surface area contributed by atoms with Gasteiger partial charge in [0.15, 0.2) is 0 Å². The summed E-state index contributed by atoms with van der Waals surface area (Å²) in [6.07, 6.45) is -1.05. The Balaban J connectivity index is 0.00000320. The van der Waals surface area contributed by atoms with Crippen molar-refractivity contribution in [1.82, 2.24) is 10.2 Å². The van der Waals surface area contributed by atoms with Gasteiger partial charge >= 0.3 is 35.7 Å². The van der Waals surface area contributed by atoms with E-state index in [1.165, 1.54) is 7.11 Å². The SMILES string of the molecule is CO[C@@]1(NC(=O)Cc2ccccc2)C(=O)N2C(C(=O)[O-])=C(COC(N)=O)CS[C@@H]21.[Na+]. The predicted molar refractivity (Wildman–Crippen MR) is 98.7 cm³/mol. The molecule has 10 nitrogen and oxygen atoms in total. The second-order valence-corrected chi connectivity index (χ2v) is 7.40. The number of primary amides is 1. The average molecular weight is 443 g/mol. The molecule has 1 fully saturated rings. The van der Waals surface area contributed by atoms with Gasteiger partial charge in [-0.05, 0) is 5.56 Å². The Morgan fingerprint density at radius 3 is 2.57 bits per heavy atom. The van der Waals surface area contributed by atoms with Gasteiger partial charge < -0.3 is 30.4 Å². The summed E-state index contributed by atoms with van der Waals surface area (Å²) in [4.78, 5) is 48.8. The second kappa shape index (κ2) is 9.84. The van der Waals surface area contributed by atoms with E-state index >= 15 is 0 Å². The van der Waals surface area contributed by atoms with Gasteiger partial charge in [0.2, 0.25) is 5.91 Å².